The summed E-state index contributed by atoms with van der Waals surface area (Å²) in [5.74, 6) is -0.957. The minimum absolute atomic E-state index is 0.0460. The zero-order valence-corrected chi connectivity index (χ0v) is 12.9. The van der Waals surface area contributed by atoms with Crippen molar-refractivity contribution in [2.24, 2.45) is 11.8 Å². The molecular formula is C16H24O5. The molecule has 2 unspecified atom stereocenters. The van der Waals surface area contributed by atoms with E-state index in [0.29, 0.717) is 19.4 Å². The van der Waals surface area contributed by atoms with Gasteiger partial charge in [0.05, 0.1) is 12.5 Å². The number of hydrogen-bond acceptors (Lipinski definition) is 5. The van der Waals surface area contributed by atoms with Crippen LogP contribution in [0.25, 0.3) is 0 Å². The highest BCUT2D eigenvalue weighted by atomic mass is 16.5. The van der Waals surface area contributed by atoms with E-state index < -0.39 is 5.92 Å². The molecule has 0 aromatic rings. The molecule has 1 aliphatic carbocycles. The number of cyclic esters (lactones) is 1. The van der Waals surface area contributed by atoms with E-state index in [1.807, 2.05) is 0 Å². The third-order valence-electron chi connectivity index (χ3n) is 3.95. The average molecular weight is 296 g/mol. The van der Waals surface area contributed by atoms with Crippen molar-refractivity contribution in [2.45, 2.75) is 58.8 Å². The van der Waals surface area contributed by atoms with Gasteiger partial charge in [0.1, 0.15) is 23.3 Å². The summed E-state index contributed by atoms with van der Waals surface area (Å²) < 4.78 is 4.82. The predicted molar refractivity (Wildman–Crippen MR) is 76.6 cm³/mol. The fraction of sp³-hybridized carbons (Fsp3) is 0.750. The van der Waals surface area contributed by atoms with Gasteiger partial charge in [-0.3, -0.25) is 19.2 Å². The maximum Gasteiger partial charge on any atom is 0.316 e. The minimum atomic E-state index is -0.488. The molecule has 118 valence electrons. The second-order valence-electron chi connectivity index (χ2n) is 5.70. The van der Waals surface area contributed by atoms with Crippen molar-refractivity contribution in [2.75, 3.05) is 6.61 Å². The molecule has 21 heavy (non-hydrogen) atoms. The van der Waals surface area contributed by atoms with Crippen LogP contribution >= 0.6 is 0 Å². The fourth-order valence-corrected chi connectivity index (χ4v) is 2.62. The topological polar surface area (TPSA) is 77.5 Å². The van der Waals surface area contributed by atoms with Crippen molar-refractivity contribution in [3.05, 3.63) is 0 Å². The first-order valence-electron chi connectivity index (χ1n) is 7.63. The molecule has 2 fully saturated rings. The number of ketones is 3. The van der Waals surface area contributed by atoms with Crippen LogP contribution in [-0.2, 0) is 23.9 Å². The standard InChI is InChI=1S/C8H12O3.C8H12O2/c1-6(9)7-4-2-3-5-11-8(7)10;1-6(9)7-4-2-3-5-8(7)10/h7H,2-5H2,1H3;7H,2-5H2,1H3. The van der Waals surface area contributed by atoms with E-state index in [-0.39, 0.29) is 29.2 Å². The van der Waals surface area contributed by atoms with E-state index in [4.69, 9.17) is 4.74 Å². The molecule has 2 atom stereocenters. The average Bonchev–Trinajstić information content (AvgIpc) is 2.64. The first-order chi connectivity index (χ1) is 9.93. The summed E-state index contributed by atoms with van der Waals surface area (Å²) in [5, 5.41) is 0. The molecule has 1 aliphatic heterocycles. The first kappa shape index (κ1) is 17.5. The lowest BCUT2D eigenvalue weighted by molar-refractivity contribution is -0.150. The van der Waals surface area contributed by atoms with Crippen molar-refractivity contribution in [3.63, 3.8) is 0 Å². The zero-order chi connectivity index (χ0) is 15.8. The highest BCUT2D eigenvalue weighted by molar-refractivity contribution is 6.01. The summed E-state index contributed by atoms with van der Waals surface area (Å²) in [7, 11) is 0. The minimum Gasteiger partial charge on any atom is -0.465 e. The molecule has 0 amide bonds. The second-order valence-corrected chi connectivity index (χ2v) is 5.70. The number of esters is 1. The van der Waals surface area contributed by atoms with Crippen LogP contribution in [0.2, 0.25) is 0 Å². The van der Waals surface area contributed by atoms with Gasteiger partial charge in [-0.15, -0.1) is 0 Å². The van der Waals surface area contributed by atoms with Crippen LogP contribution in [0.3, 0.4) is 0 Å². The van der Waals surface area contributed by atoms with E-state index >= 15 is 0 Å². The molecule has 1 saturated carbocycles. The molecule has 2 rings (SSSR count). The van der Waals surface area contributed by atoms with Crippen LogP contribution in [0.4, 0.5) is 0 Å². The molecule has 1 saturated heterocycles. The highest BCUT2D eigenvalue weighted by Gasteiger charge is 2.26. The van der Waals surface area contributed by atoms with Crippen LogP contribution < -0.4 is 0 Å². The van der Waals surface area contributed by atoms with E-state index in [2.05, 4.69) is 0 Å². The predicted octanol–water partition coefficient (Wildman–Crippen LogP) is 2.25. The Kier molecular flexibility index (Phi) is 7.26. The van der Waals surface area contributed by atoms with E-state index in [0.717, 1.165) is 32.1 Å². The molecule has 0 aromatic heterocycles. The Morgan fingerprint density at radius 2 is 1.48 bits per heavy atom. The molecule has 0 spiro atoms. The van der Waals surface area contributed by atoms with E-state index in [9.17, 15) is 19.2 Å². The maximum absolute atomic E-state index is 11.0. The van der Waals surface area contributed by atoms with Crippen LogP contribution in [0.1, 0.15) is 58.8 Å². The molecule has 0 aromatic carbocycles. The van der Waals surface area contributed by atoms with Gasteiger partial charge in [0, 0.05) is 6.42 Å². The summed E-state index contributed by atoms with van der Waals surface area (Å²) in [6, 6.07) is 0. The van der Waals surface area contributed by atoms with Crippen LogP contribution in [0.5, 0.6) is 0 Å². The van der Waals surface area contributed by atoms with Gasteiger partial charge in [-0.1, -0.05) is 6.42 Å². The Balaban J connectivity index is 0.000000211. The Morgan fingerprint density at radius 3 is 2.00 bits per heavy atom. The quantitative estimate of drug-likeness (QED) is 0.577. The van der Waals surface area contributed by atoms with Crippen LogP contribution in [0, 0.1) is 11.8 Å². The highest BCUT2D eigenvalue weighted by Crippen LogP contribution is 2.20. The summed E-state index contributed by atoms with van der Waals surface area (Å²) in [5.41, 5.74) is 0. The largest absolute Gasteiger partial charge is 0.465 e. The van der Waals surface area contributed by atoms with Crippen molar-refractivity contribution >= 4 is 23.3 Å². The number of carbonyl (C=O) groups is 4. The summed E-state index contributed by atoms with van der Waals surface area (Å²) in [4.78, 5) is 43.7. The molecule has 0 bridgehead atoms. The number of rotatable bonds is 2. The lowest BCUT2D eigenvalue weighted by Crippen LogP contribution is -2.24. The Hall–Kier alpha value is -1.52. The van der Waals surface area contributed by atoms with Crippen molar-refractivity contribution in [1.82, 2.24) is 0 Å². The number of carbonyl (C=O) groups excluding carboxylic acids is 4. The van der Waals surface area contributed by atoms with Gasteiger partial charge < -0.3 is 4.74 Å². The summed E-state index contributed by atoms with van der Waals surface area (Å²) in [6.07, 6.45) is 5.87. The SMILES string of the molecule is CC(=O)C1CCCCC1=O.CC(=O)C1CCCCOC1=O. The molecule has 5 nitrogen and oxygen atoms in total. The molecule has 0 radical (unpaired) electrons. The lowest BCUT2D eigenvalue weighted by atomic mass is 9.86. The summed E-state index contributed by atoms with van der Waals surface area (Å²) in [6.45, 7) is 3.42. The van der Waals surface area contributed by atoms with E-state index in [1.54, 1.807) is 0 Å². The molecule has 0 N–H and O–H groups in total. The smallest absolute Gasteiger partial charge is 0.316 e. The number of Topliss-reactive ketones (excluding diaryl/α,β-unsaturated/α-hetero) is 3. The molecule has 1 heterocycles. The third-order valence-corrected chi connectivity index (χ3v) is 3.95. The lowest BCUT2D eigenvalue weighted by Gasteiger charge is -2.16. The van der Waals surface area contributed by atoms with Crippen molar-refractivity contribution < 1.29 is 23.9 Å². The maximum atomic E-state index is 11.0. The first-order valence-corrected chi connectivity index (χ1v) is 7.63. The van der Waals surface area contributed by atoms with Gasteiger partial charge in [-0.05, 0) is 46.0 Å². The Labute approximate surface area is 125 Å². The van der Waals surface area contributed by atoms with Gasteiger partial charge in [-0.25, -0.2) is 0 Å². The number of hydrogen-bond donors (Lipinski definition) is 0. The zero-order valence-electron chi connectivity index (χ0n) is 12.9. The third kappa shape index (κ3) is 5.78. The van der Waals surface area contributed by atoms with Crippen LogP contribution in [0.15, 0.2) is 0 Å². The molecule has 5 heteroatoms. The van der Waals surface area contributed by atoms with Gasteiger partial charge in [0.2, 0.25) is 0 Å². The van der Waals surface area contributed by atoms with Gasteiger partial charge >= 0.3 is 5.97 Å². The normalized spacial score (nSPS) is 26.0. The summed E-state index contributed by atoms with van der Waals surface area (Å²) >= 11 is 0. The monoisotopic (exact) mass is 296 g/mol. The molecule has 2 aliphatic rings. The van der Waals surface area contributed by atoms with Gasteiger partial charge in [-0.2, -0.15) is 0 Å². The van der Waals surface area contributed by atoms with Gasteiger partial charge in [0.25, 0.3) is 0 Å². The van der Waals surface area contributed by atoms with Gasteiger partial charge in [0.15, 0.2) is 0 Å². The fourth-order valence-electron chi connectivity index (χ4n) is 2.62. The number of ether oxygens (including phenoxy) is 1. The van der Waals surface area contributed by atoms with Crippen LogP contribution in [-0.4, -0.2) is 29.9 Å². The van der Waals surface area contributed by atoms with Crippen molar-refractivity contribution in [1.29, 1.82) is 0 Å². The Bertz CT molecular complexity index is 413. The molecular weight excluding hydrogens is 272 g/mol. The Morgan fingerprint density at radius 1 is 0.905 bits per heavy atom. The second kappa shape index (κ2) is 8.70. The van der Waals surface area contributed by atoms with E-state index in [1.165, 1.54) is 13.8 Å². The van der Waals surface area contributed by atoms with Crippen molar-refractivity contribution in [3.8, 4) is 0 Å².